The largest absolute Gasteiger partial charge is 0.493 e. The zero-order valence-corrected chi connectivity index (χ0v) is 15.2. The van der Waals surface area contributed by atoms with Gasteiger partial charge in [0.05, 0.1) is 32.6 Å². The van der Waals surface area contributed by atoms with Crippen LogP contribution < -0.4 is 14.8 Å². The number of fused-ring (bicyclic) bond motifs is 1. The normalized spacial score (nSPS) is 10.3. The average molecular weight is 365 g/mol. The molecule has 0 aromatic heterocycles. The molecule has 0 spiro atoms. The first-order chi connectivity index (χ1) is 13.1. The topological polar surface area (TPSA) is 73.9 Å². The van der Waals surface area contributed by atoms with Gasteiger partial charge in [-0.3, -0.25) is 4.79 Å². The van der Waals surface area contributed by atoms with E-state index in [-0.39, 0.29) is 17.2 Å². The Balaban J connectivity index is 1.99. The molecular weight excluding hydrogens is 346 g/mol. The van der Waals surface area contributed by atoms with Crippen molar-refractivity contribution in [3.05, 3.63) is 65.7 Å². The van der Waals surface area contributed by atoms with Gasteiger partial charge in [-0.2, -0.15) is 0 Å². The molecule has 1 amide bonds. The van der Waals surface area contributed by atoms with E-state index in [0.29, 0.717) is 17.1 Å². The highest BCUT2D eigenvalue weighted by molar-refractivity contribution is 6.09. The van der Waals surface area contributed by atoms with Crippen molar-refractivity contribution in [3.63, 3.8) is 0 Å². The second kappa shape index (κ2) is 7.78. The van der Waals surface area contributed by atoms with Crippen molar-refractivity contribution < 1.29 is 23.8 Å². The monoisotopic (exact) mass is 365 g/mol. The highest BCUT2D eigenvalue weighted by Crippen LogP contribution is 2.34. The SMILES string of the molecule is COC(=O)c1cc(OC)c(OC)cc1NC(=O)c1ccc2ccccc2c1. The van der Waals surface area contributed by atoms with Crippen LogP contribution in [-0.2, 0) is 4.74 Å². The van der Waals surface area contributed by atoms with E-state index < -0.39 is 5.97 Å². The lowest BCUT2D eigenvalue weighted by atomic mass is 10.1. The molecule has 3 rings (SSSR count). The van der Waals surface area contributed by atoms with Crippen LogP contribution in [0.3, 0.4) is 0 Å². The Kier molecular flexibility index (Phi) is 5.26. The van der Waals surface area contributed by atoms with Crippen molar-refractivity contribution >= 4 is 28.3 Å². The molecule has 0 aliphatic carbocycles. The zero-order chi connectivity index (χ0) is 19.4. The Labute approximate surface area is 156 Å². The third-order valence-electron chi connectivity index (χ3n) is 4.19. The lowest BCUT2D eigenvalue weighted by molar-refractivity contribution is 0.0601. The summed E-state index contributed by atoms with van der Waals surface area (Å²) in [6.07, 6.45) is 0. The maximum Gasteiger partial charge on any atom is 0.340 e. The Hall–Kier alpha value is -3.54. The van der Waals surface area contributed by atoms with Crippen LogP contribution in [0.1, 0.15) is 20.7 Å². The van der Waals surface area contributed by atoms with E-state index in [1.165, 1.54) is 33.5 Å². The molecule has 0 aliphatic heterocycles. The molecule has 0 fully saturated rings. The van der Waals surface area contributed by atoms with Gasteiger partial charge < -0.3 is 19.5 Å². The van der Waals surface area contributed by atoms with E-state index >= 15 is 0 Å². The molecule has 0 saturated carbocycles. The van der Waals surface area contributed by atoms with E-state index in [2.05, 4.69) is 5.32 Å². The van der Waals surface area contributed by atoms with Crippen LogP contribution in [0, 0.1) is 0 Å². The fourth-order valence-electron chi connectivity index (χ4n) is 2.79. The third-order valence-corrected chi connectivity index (χ3v) is 4.19. The summed E-state index contributed by atoms with van der Waals surface area (Å²) in [6.45, 7) is 0. The van der Waals surface area contributed by atoms with Crippen LogP contribution in [0.4, 0.5) is 5.69 Å². The third kappa shape index (κ3) is 3.69. The number of hydrogen-bond donors (Lipinski definition) is 1. The van der Waals surface area contributed by atoms with Crippen molar-refractivity contribution in [1.29, 1.82) is 0 Å². The van der Waals surface area contributed by atoms with E-state index in [0.717, 1.165) is 10.8 Å². The Morgan fingerprint density at radius 2 is 1.48 bits per heavy atom. The van der Waals surface area contributed by atoms with Crippen LogP contribution >= 0.6 is 0 Å². The van der Waals surface area contributed by atoms with Crippen molar-refractivity contribution in [2.24, 2.45) is 0 Å². The molecule has 3 aromatic carbocycles. The number of carbonyl (C=O) groups is 2. The fourth-order valence-corrected chi connectivity index (χ4v) is 2.79. The number of rotatable bonds is 5. The van der Waals surface area contributed by atoms with Crippen molar-refractivity contribution in [2.75, 3.05) is 26.6 Å². The van der Waals surface area contributed by atoms with Gasteiger partial charge >= 0.3 is 5.97 Å². The molecule has 3 aromatic rings. The summed E-state index contributed by atoms with van der Waals surface area (Å²) in [7, 11) is 4.21. The minimum atomic E-state index is -0.593. The number of amides is 1. The minimum Gasteiger partial charge on any atom is -0.493 e. The number of benzene rings is 3. The van der Waals surface area contributed by atoms with Gasteiger partial charge in [0.15, 0.2) is 11.5 Å². The maximum atomic E-state index is 12.7. The number of ether oxygens (including phenoxy) is 3. The average Bonchev–Trinajstić information content (AvgIpc) is 2.72. The van der Waals surface area contributed by atoms with Crippen molar-refractivity contribution in [2.45, 2.75) is 0 Å². The second-order valence-electron chi connectivity index (χ2n) is 5.76. The lowest BCUT2D eigenvalue weighted by Gasteiger charge is -2.15. The summed E-state index contributed by atoms with van der Waals surface area (Å²) in [5.74, 6) is -0.191. The Morgan fingerprint density at radius 1 is 0.815 bits per heavy atom. The van der Waals surface area contributed by atoms with E-state index in [4.69, 9.17) is 14.2 Å². The highest BCUT2D eigenvalue weighted by atomic mass is 16.5. The Morgan fingerprint density at radius 3 is 2.15 bits per heavy atom. The summed E-state index contributed by atoms with van der Waals surface area (Å²) >= 11 is 0. The van der Waals surface area contributed by atoms with Gasteiger partial charge in [-0.05, 0) is 22.9 Å². The standard InChI is InChI=1S/C21H19NO5/c1-25-18-11-16(21(24)27-3)17(12-19(18)26-2)22-20(23)15-9-8-13-6-4-5-7-14(13)10-15/h4-12H,1-3H3,(H,22,23). The van der Waals surface area contributed by atoms with Crippen LogP contribution in [0.2, 0.25) is 0 Å². The van der Waals surface area contributed by atoms with Gasteiger partial charge in [0.2, 0.25) is 0 Å². The minimum absolute atomic E-state index is 0.171. The van der Waals surface area contributed by atoms with Gasteiger partial charge in [0.25, 0.3) is 5.91 Å². The molecule has 0 aliphatic rings. The second-order valence-corrected chi connectivity index (χ2v) is 5.76. The van der Waals surface area contributed by atoms with Crippen molar-refractivity contribution in [3.8, 4) is 11.5 Å². The molecule has 0 bridgehead atoms. The summed E-state index contributed by atoms with van der Waals surface area (Å²) in [5.41, 5.74) is 0.918. The Bertz CT molecular complexity index is 1010. The molecule has 27 heavy (non-hydrogen) atoms. The summed E-state index contributed by atoms with van der Waals surface area (Å²) in [6, 6.07) is 16.2. The van der Waals surface area contributed by atoms with Crippen molar-refractivity contribution in [1.82, 2.24) is 0 Å². The molecule has 138 valence electrons. The summed E-state index contributed by atoms with van der Waals surface area (Å²) in [5, 5.41) is 4.74. The first-order valence-electron chi connectivity index (χ1n) is 8.22. The predicted octanol–water partition coefficient (Wildman–Crippen LogP) is 3.90. The molecule has 0 unspecified atom stereocenters. The molecule has 0 saturated heterocycles. The quantitative estimate of drug-likeness (QED) is 0.694. The van der Waals surface area contributed by atoms with Gasteiger partial charge in [-0.1, -0.05) is 30.3 Å². The number of hydrogen-bond acceptors (Lipinski definition) is 5. The van der Waals surface area contributed by atoms with Gasteiger partial charge in [-0.15, -0.1) is 0 Å². The smallest absolute Gasteiger partial charge is 0.340 e. The molecule has 0 heterocycles. The highest BCUT2D eigenvalue weighted by Gasteiger charge is 2.19. The van der Waals surface area contributed by atoms with Crippen LogP contribution in [0.25, 0.3) is 10.8 Å². The van der Waals surface area contributed by atoms with Gasteiger partial charge in [0.1, 0.15) is 0 Å². The molecule has 6 nitrogen and oxygen atoms in total. The first-order valence-corrected chi connectivity index (χ1v) is 8.22. The number of carbonyl (C=O) groups excluding carboxylic acids is 2. The van der Waals surface area contributed by atoms with Crippen LogP contribution in [0.5, 0.6) is 11.5 Å². The summed E-state index contributed by atoms with van der Waals surface area (Å²) < 4.78 is 15.3. The van der Waals surface area contributed by atoms with E-state index in [1.54, 1.807) is 12.1 Å². The number of anilines is 1. The fraction of sp³-hybridized carbons (Fsp3) is 0.143. The summed E-state index contributed by atoms with van der Waals surface area (Å²) in [4.78, 5) is 24.9. The van der Waals surface area contributed by atoms with E-state index in [9.17, 15) is 9.59 Å². The molecule has 6 heteroatoms. The predicted molar refractivity (Wildman–Crippen MR) is 103 cm³/mol. The molecular formula is C21H19NO5. The molecule has 0 atom stereocenters. The molecule has 1 N–H and O–H groups in total. The lowest BCUT2D eigenvalue weighted by Crippen LogP contribution is -2.16. The van der Waals surface area contributed by atoms with Gasteiger partial charge in [0, 0.05) is 17.7 Å². The number of esters is 1. The molecule has 0 radical (unpaired) electrons. The zero-order valence-electron chi connectivity index (χ0n) is 15.2. The maximum absolute atomic E-state index is 12.7. The number of nitrogens with one attached hydrogen (secondary N) is 1. The first kappa shape index (κ1) is 18.3. The van der Waals surface area contributed by atoms with Crippen LogP contribution in [0.15, 0.2) is 54.6 Å². The van der Waals surface area contributed by atoms with Crippen LogP contribution in [-0.4, -0.2) is 33.2 Å². The van der Waals surface area contributed by atoms with E-state index in [1.807, 2.05) is 30.3 Å². The number of methoxy groups -OCH3 is 3. The van der Waals surface area contributed by atoms with Gasteiger partial charge in [-0.25, -0.2) is 4.79 Å².